The molecule has 1 saturated heterocycles. The molecule has 9 heteroatoms. The van der Waals surface area contributed by atoms with Crippen molar-refractivity contribution in [3.05, 3.63) is 33.0 Å². The second-order valence-corrected chi connectivity index (χ2v) is 6.66. The molecule has 0 aliphatic carbocycles. The van der Waals surface area contributed by atoms with Gasteiger partial charge in [0, 0.05) is 17.1 Å². The quantitative estimate of drug-likeness (QED) is 0.820. The average molecular weight is 362 g/mol. The monoisotopic (exact) mass is 360 g/mol. The number of benzene rings is 1. The zero-order chi connectivity index (χ0) is 13.7. The Bertz CT molecular complexity index is 598. The molecule has 2 unspecified atom stereocenters. The van der Waals surface area contributed by atoms with E-state index in [-0.39, 0.29) is 21.6 Å². The number of hydrogen-bond acceptors (Lipinski definition) is 2. The molecule has 0 spiro atoms. The van der Waals surface area contributed by atoms with Gasteiger partial charge in [-0.1, -0.05) is 11.6 Å². The van der Waals surface area contributed by atoms with Crippen molar-refractivity contribution in [1.29, 1.82) is 0 Å². The fourth-order valence-electron chi connectivity index (χ4n) is 1.83. The lowest BCUT2D eigenvalue weighted by atomic mass is 9.95. The minimum Gasteiger partial charge on any atom is -0.244 e. The molecule has 0 bridgehead atoms. The molecule has 0 amide bonds. The second kappa shape index (κ2) is 4.68. The van der Waals surface area contributed by atoms with Crippen LogP contribution in [0.4, 0.5) is 8.78 Å². The molecular formula is C9H8BrClF2N2O2S. The number of halogens is 4. The average Bonchev–Trinajstić information content (AvgIpc) is 2.20. The Labute approximate surface area is 116 Å². The summed E-state index contributed by atoms with van der Waals surface area (Å²) in [6, 6.07) is 1.22. The van der Waals surface area contributed by atoms with Gasteiger partial charge in [-0.3, -0.25) is 0 Å². The topological polar surface area (TPSA) is 63.4 Å². The molecule has 1 aromatic carbocycles. The summed E-state index contributed by atoms with van der Waals surface area (Å²) in [6.07, 6.45) is -1.51. The first-order valence-corrected chi connectivity index (χ1v) is 7.47. The maximum absolute atomic E-state index is 13.9. The van der Waals surface area contributed by atoms with Gasteiger partial charge in [-0.25, -0.2) is 13.9 Å². The summed E-state index contributed by atoms with van der Waals surface area (Å²) >= 11 is 8.67. The van der Waals surface area contributed by atoms with Crippen molar-refractivity contribution in [2.75, 3.05) is 6.54 Å². The predicted molar refractivity (Wildman–Crippen MR) is 66.6 cm³/mol. The molecule has 0 radical (unpaired) electrons. The van der Waals surface area contributed by atoms with Crippen LogP contribution in [0.1, 0.15) is 11.6 Å². The van der Waals surface area contributed by atoms with Gasteiger partial charge >= 0.3 is 0 Å². The normalized spacial score (nSPS) is 24.9. The second-order valence-electron chi connectivity index (χ2n) is 3.87. The van der Waals surface area contributed by atoms with E-state index in [1.807, 2.05) is 0 Å². The van der Waals surface area contributed by atoms with E-state index in [9.17, 15) is 17.2 Å². The zero-order valence-corrected chi connectivity index (χ0v) is 11.9. The molecule has 1 aromatic rings. The standard InChI is InChI=1S/C9H8BrClF2N2O2S/c10-6-2-4(11)1-5(8(6)13)9-7(12)3-15(9)18(14,16)17/h1-2,7,9H,3H2,(H2,14,16,17). The van der Waals surface area contributed by atoms with Crippen molar-refractivity contribution in [2.24, 2.45) is 5.14 Å². The van der Waals surface area contributed by atoms with Crippen LogP contribution in [0.15, 0.2) is 16.6 Å². The van der Waals surface area contributed by atoms with Crippen LogP contribution in [0.3, 0.4) is 0 Å². The molecule has 0 aromatic heterocycles. The maximum Gasteiger partial charge on any atom is 0.277 e. The molecule has 2 N–H and O–H groups in total. The smallest absolute Gasteiger partial charge is 0.244 e. The van der Waals surface area contributed by atoms with Crippen LogP contribution in [0.25, 0.3) is 0 Å². The minimum absolute atomic E-state index is 0.0402. The molecule has 100 valence electrons. The first-order valence-electron chi connectivity index (χ1n) is 4.80. The van der Waals surface area contributed by atoms with E-state index in [0.29, 0.717) is 4.31 Å². The predicted octanol–water partition coefficient (Wildman–Crippen LogP) is 2.14. The van der Waals surface area contributed by atoms with Gasteiger partial charge < -0.3 is 0 Å². The molecule has 4 nitrogen and oxygen atoms in total. The van der Waals surface area contributed by atoms with Crippen molar-refractivity contribution in [2.45, 2.75) is 12.2 Å². The first-order chi connectivity index (χ1) is 8.21. The highest BCUT2D eigenvalue weighted by Gasteiger charge is 2.47. The minimum atomic E-state index is -4.07. The Morgan fingerprint density at radius 2 is 2.11 bits per heavy atom. The zero-order valence-electron chi connectivity index (χ0n) is 8.78. The highest BCUT2D eigenvalue weighted by molar-refractivity contribution is 9.10. The third-order valence-corrected chi connectivity index (χ3v) is 4.50. The summed E-state index contributed by atoms with van der Waals surface area (Å²) in [5.74, 6) is -0.750. The molecule has 2 atom stereocenters. The Morgan fingerprint density at radius 1 is 1.50 bits per heavy atom. The van der Waals surface area contributed by atoms with Gasteiger partial charge in [-0.2, -0.15) is 12.7 Å². The van der Waals surface area contributed by atoms with Gasteiger partial charge in [0.2, 0.25) is 0 Å². The van der Waals surface area contributed by atoms with Gasteiger partial charge in [-0.15, -0.1) is 0 Å². The van der Waals surface area contributed by atoms with Gasteiger partial charge in [0.25, 0.3) is 10.2 Å². The summed E-state index contributed by atoms with van der Waals surface area (Å²) in [5.41, 5.74) is -0.137. The fourth-order valence-corrected chi connectivity index (χ4v) is 3.58. The Kier molecular flexibility index (Phi) is 3.67. The SMILES string of the molecule is NS(=O)(=O)N1CC(F)C1c1cc(Cl)cc(Br)c1F. The number of nitrogens with zero attached hydrogens (tertiary/aromatic N) is 1. The van der Waals surface area contributed by atoms with E-state index >= 15 is 0 Å². The lowest BCUT2D eigenvalue weighted by molar-refractivity contribution is 0.0579. The summed E-state index contributed by atoms with van der Waals surface area (Å²) in [7, 11) is -4.07. The third kappa shape index (κ3) is 2.39. The van der Waals surface area contributed by atoms with Crippen molar-refractivity contribution < 1.29 is 17.2 Å². The number of nitrogens with two attached hydrogens (primary N) is 1. The first kappa shape index (κ1) is 14.1. The third-order valence-electron chi connectivity index (χ3n) is 2.67. The van der Waals surface area contributed by atoms with Crippen molar-refractivity contribution in [1.82, 2.24) is 4.31 Å². The van der Waals surface area contributed by atoms with Crippen molar-refractivity contribution >= 4 is 37.7 Å². The molecule has 0 saturated carbocycles. The summed E-state index contributed by atoms with van der Waals surface area (Å²) < 4.78 is 50.5. The number of hydrogen-bond donors (Lipinski definition) is 1. The summed E-state index contributed by atoms with van der Waals surface area (Å²) in [5, 5.41) is 5.09. The maximum atomic E-state index is 13.9. The highest BCUT2D eigenvalue weighted by atomic mass is 79.9. The van der Waals surface area contributed by atoms with E-state index in [1.54, 1.807) is 0 Å². The lowest BCUT2D eigenvalue weighted by Gasteiger charge is -2.41. The van der Waals surface area contributed by atoms with Gasteiger partial charge in [0.1, 0.15) is 12.0 Å². The van der Waals surface area contributed by atoms with Gasteiger partial charge in [0.15, 0.2) is 0 Å². The largest absolute Gasteiger partial charge is 0.277 e. The van der Waals surface area contributed by atoms with Crippen LogP contribution >= 0.6 is 27.5 Å². The van der Waals surface area contributed by atoms with E-state index in [0.717, 1.165) is 0 Å². The van der Waals surface area contributed by atoms with Crippen LogP contribution in [-0.4, -0.2) is 25.4 Å². The summed E-state index contributed by atoms with van der Waals surface area (Å²) in [6.45, 7) is -0.382. The van der Waals surface area contributed by atoms with Gasteiger partial charge in [0.05, 0.1) is 10.5 Å². The van der Waals surface area contributed by atoms with Crippen molar-refractivity contribution in [3.63, 3.8) is 0 Å². The van der Waals surface area contributed by atoms with Crippen LogP contribution in [0.5, 0.6) is 0 Å². The van der Waals surface area contributed by atoms with E-state index < -0.39 is 28.2 Å². The van der Waals surface area contributed by atoms with Crippen LogP contribution in [0, 0.1) is 5.82 Å². The lowest BCUT2D eigenvalue weighted by Crippen LogP contribution is -2.56. The number of alkyl halides is 1. The van der Waals surface area contributed by atoms with E-state index in [4.69, 9.17) is 16.7 Å². The Balaban J connectivity index is 2.48. The van der Waals surface area contributed by atoms with Crippen molar-refractivity contribution in [3.8, 4) is 0 Å². The highest BCUT2D eigenvalue weighted by Crippen LogP contribution is 2.40. The number of rotatable bonds is 2. The molecule has 1 aliphatic heterocycles. The molecule has 2 rings (SSSR count). The van der Waals surface area contributed by atoms with Crippen LogP contribution < -0.4 is 5.14 Å². The Morgan fingerprint density at radius 3 is 2.61 bits per heavy atom. The van der Waals surface area contributed by atoms with E-state index in [2.05, 4.69) is 15.9 Å². The van der Waals surface area contributed by atoms with Gasteiger partial charge in [-0.05, 0) is 28.1 Å². The fraction of sp³-hybridized carbons (Fsp3) is 0.333. The molecular weight excluding hydrogens is 354 g/mol. The molecule has 18 heavy (non-hydrogen) atoms. The Hall–Kier alpha value is -0.280. The summed E-state index contributed by atoms with van der Waals surface area (Å²) in [4.78, 5) is 0. The van der Waals surface area contributed by atoms with Crippen LogP contribution in [0.2, 0.25) is 5.02 Å². The molecule has 1 heterocycles. The van der Waals surface area contributed by atoms with Crippen LogP contribution in [-0.2, 0) is 10.2 Å². The molecule has 1 aliphatic rings. The molecule has 1 fully saturated rings. The van der Waals surface area contributed by atoms with E-state index in [1.165, 1.54) is 12.1 Å².